The molecule has 1 fully saturated rings. The fraction of sp³-hybridized carbons (Fsp3) is 0.286. The number of hydrogen-bond donors (Lipinski definition) is 1. The molecule has 0 bridgehead atoms. The first-order valence-corrected chi connectivity index (χ1v) is 9.13. The van der Waals surface area contributed by atoms with Gasteiger partial charge in [0.1, 0.15) is 5.82 Å². The van der Waals surface area contributed by atoms with Crippen LogP contribution in [0.4, 0.5) is 4.39 Å². The van der Waals surface area contributed by atoms with Crippen LogP contribution in [0.5, 0.6) is 0 Å². The van der Waals surface area contributed by atoms with Gasteiger partial charge < -0.3 is 9.64 Å². The fourth-order valence-electron chi connectivity index (χ4n) is 3.62. The highest BCUT2D eigenvalue weighted by molar-refractivity contribution is 5.95. The number of benzene rings is 2. The molecular weight excluding hydrogens is 361 g/mol. The Morgan fingerprint density at radius 2 is 2.07 bits per heavy atom. The number of nitrogens with zero attached hydrogens (tertiary/aromatic N) is 2. The number of aromatic nitrogens is 2. The van der Waals surface area contributed by atoms with Crippen LogP contribution in [0, 0.1) is 5.82 Å². The molecule has 7 heteroatoms. The Bertz CT molecular complexity index is 1100. The number of rotatable bonds is 4. The van der Waals surface area contributed by atoms with Crippen molar-refractivity contribution in [3.05, 3.63) is 75.5 Å². The number of nitrogens with one attached hydrogen (secondary N) is 1. The first kappa shape index (κ1) is 18.3. The first-order valence-electron chi connectivity index (χ1n) is 9.13. The number of carbonyl (C=O) groups is 1. The molecule has 0 aliphatic carbocycles. The van der Waals surface area contributed by atoms with Gasteiger partial charge in [0, 0.05) is 32.0 Å². The second-order valence-corrected chi connectivity index (χ2v) is 6.93. The number of hydrogen-bond acceptors (Lipinski definition) is 4. The van der Waals surface area contributed by atoms with E-state index in [9.17, 15) is 14.0 Å². The number of aromatic amines is 1. The van der Waals surface area contributed by atoms with Crippen LogP contribution in [-0.4, -0.2) is 47.3 Å². The van der Waals surface area contributed by atoms with Gasteiger partial charge in [-0.2, -0.15) is 5.10 Å². The highest BCUT2D eigenvalue weighted by atomic mass is 19.1. The average molecular weight is 381 g/mol. The molecule has 2 aromatic carbocycles. The predicted octanol–water partition coefficient (Wildman–Crippen LogP) is 2.51. The highest BCUT2D eigenvalue weighted by Crippen LogP contribution is 2.21. The number of methoxy groups -OCH3 is 1. The van der Waals surface area contributed by atoms with Crippen LogP contribution in [0.1, 0.15) is 28.0 Å². The molecule has 4 rings (SSSR count). The maximum atomic E-state index is 14.4. The summed E-state index contributed by atoms with van der Waals surface area (Å²) in [5.41, 5.74) is 1.21. The van der Waals surface area contributed by atoms with Gasteiger partial charge in [0.05, 0.1) is 22.7 Å². The second-order valence-electron chi connectivity index (χ2n) is 6.93. The Morgan fingerprint density at radius 3 is 2.82 bits per heavy atom. The topological polar surface area (TPSA) is 75.3 Å². The Morgan fingerprint density at radius 1 is 1.29 bits per heavy atom. The minimum absolute atomic E-state index is 0.00750. The number of carbonyl (C=O) groups excluding carboxylic acids is 1. The van der Waals surface area contributed by atoms with Gasteiger partial charge in [0.2, 0.25) is 0 Å². The monoisotopic (exact) mass is 381 g/mol. The van der Waals surface area contributed by atoms with Crippen molar-refractivity contribution >= 4 is 16.7 Å². The third kappa shape index (κ3) is 3.41. The average Bonchev–Trinajstić information content (AvgIpc) is 3.20. The summed E-state index contributed by atoms with van der Waals surface area (Å²) in [6, 6.07) is 11.7. The lowest BCUT2D eigenvalue weighted by atomic mass is 10.0. The van der Waals surface area contributed by atoms with Crippen LogP contribution in [0.25, 0.3) is 10.8 Å². The fourth-order valence-corrected chi connectivity index (χ4v) is 3.62. The normalized spacial score (nSPS) is 16.6. The van der Waals surface area contributed by atoms with Crippen molar-refractivity contribution in [1.82, 2.24) is 15.1 Å². The summed E-state index contributed by atoms with van der Waals surface area (Å²) in [4.78, 5) is 26.3. The highest BCUT2D eigenvalue weighted by Gasteiger charge is 2.28. The molecule has 1 N–H and O–H groups in total. The van der Waals surface area contributed by atoms with Gasteiger partial charge in [-0.1, -0.05) is 24.3 Å². The van der Waals surface area contributed by atoms with Gasteiger partial charge in [-0.25, -0.2) is 9.49 Å². The van der Waals surface area contributed by atoms with E-state index in [0.717, 1.165) is 17.4 Å². The Hall–Kier alpha value is -3.06. The van der Waals surface area contributed by atoms with Crippen molar-refractivity contribution in [2.75, 3.05) is 20.2 Å². The first-order chi connectivity index (χ1) is 13.6. The molecule has 0 spiro atoms. The summed E-state index contributed by atoms with van der Waals surface area (Å²) >= 11 is 0. The zero-order chi connectivity index (χ0) is 19.7. The zero-order valence-corrected chi connectivity index (χ0v) is 15.4. The Labute approximate surface area is 160 Å². The van der Waals surface area contributed by atoms with Crippen molar-refractivity contribution < 1.29 is 13.9 Å². The maximum absolute atomic E-state index is 14.4. The number of amides is 1. The van der Waals surface area contributed by atoms with E-state index in [1.165, 1.54) is 6.07 Å². The Balaban J connectivity index is 1.64. The molecule has 144 valence electrons. The van der Waals surface area contributed by atoms with Crippen LogP contribution in [0.15, 0.2) is 47.3 Å². The van der Waals surface area contributed by atoms with Crippen LogP contribution < -0.4 is 5.56 Å². The van der Waals surface area contributed by atoms with Crippen LogP contribution in [-0.2, 0) is 11.2 Å². The predicted molar refractivity (Wildman–Crippen MR) is 103 cm³/mol. The zero-order valence-electron chi connectivity index (χ0n) is 15.4. The van der Waals surface area contributed by atoms with Gasteiger partial charge in [0.25, 0.3) is 11.5 Å². The molecule has 2 heterocycles. The van der Waals surface area contributed by atoms with E-state index >= 15 is 0 Å². The molecule has 1 unspecified atom stereocenters. The minimum atomic E-state index is -0.547. The quantitative estimate of drug-likeness (QED) is 0.754. The summed E-state index contributed by atoms with van der Waals surface area (Å²) in [6.07, 6.45) is 1.11. The lowest BCUT2D eigenvalue weighted by Gasteiger charge is -2.17. The lowest BCUT2D eigenvalue weighted by molar-refractivity contribution is 0.0720. The van der Waals surface area contributed by atoms with Crippen molar-refractivity contribution in [2.45, 2.75) is 18.9 Å². The summed E-state index contributed by atoms with van der Waals surface area (Å²) in [7, 11) is 1.61. The van der Waals surface area contributed by atoms with Crippen LogP contribution in [0.2, 0.25) is 0 Å². The van der Waals surface area contributed by atoms with Gasteiger partial charge >= 0.3 is 0 Å². The lowest BCUT2D eigenvalue weighted by Crippen LogP contribution is -2.30. The van der Waals surface area contributed by atoms with Gasteiger partial charge in [0.15, 0.2) is 0 Å². The molecule has 1 aliphatic heterocycles. The molecule has 0 saturated carbocycles. The standard InChI is InChI=1S/C21H20FN3O3/c1-28-14-8-9-25(12-14)21(27)17-10-13(6-7-18(17)22)11-19-15-4-2-3-5-16(15)20(26)24-23-19/h2-7,10,14H,8-9,11-12H2,1H3,(H,24,26). The largest absolute Gasteiger partial charge is 0.380 e. The molecule has 1 amide bonds. The SMILES string of the molecule is COC1CCN(C(=O)c2cc(Cc3n[nH]c(=O)c4ccccc34)ccc2F)C1. The van der Waals surface area contributed by atoms with Crippen molar-refractivity contribution in [1.29, 1.82) is 0 Å². The third-order valence-corrected chi connectivity index (χ3v) is 5.17. The molecule has 3 aromatic rings. The van der Waals surface area contributed by atoms with E-state index in [4.69, 9.17) is 4.74 Å². The van der Waals surface area contributed by atoms with E-state index in [1.54, 1.807) is 36.3 Å². The minimum Gasteiger partial charge on any atom is -0.380 e. The molecular formula is C21H20FN3O3. The number of fused-ring (bicyclic) bond motifs is 1. The number of H-pyrrole nitrogens is 1. The molecule has 1 saturated heterocycles. The van der Waals surface area contributed by atoms with Crippen molar-refractivity contribution in [3.8, 4) is 0 Å². The molecule has 1 aliphatic rings. The molecule has 28 heavy (non-hydrogen) atoms. The van der Waals surface area contributed by atoms with Crippen LogP contribution >= 0.6 is 0 Å². The van der Waals surface area contributed by atoms with E-state index in [-0.39, 0.29) is 23.1 Å². The number of halogens is 1. The van der Waals surface area contributed by atoms with E-state index < -0.39 is 5.82 Å². The number of likely N-dealkylation sites (tertiary alicyclic amines) is 1. The molecule has 6 nitrogen and oxygen atoms in total. The summed E-state index contributed by atoms with van der Waals surface area (Å²) in [5, 5.41) is 7.94. The van der Waals surface area contributed by atoms with E-state index in [0.29, 0.717) is 30.6 Å². The molecule has 1 atom stereocenters. The Kier molecular flexibility index (Phi) is 4.92. The third-order valence-electron chi connectivity index (χ3n) is 5.17. The van der Waals surface area contributed by atoms with E-state index in [1.807, 2.05) is 12.1 Å². The van der Waals surface area contributed by atoms with Crippen molar-refractivity contribution in [3.63, 3.8) is 0 Å². The summed E-state index contributed by atoms with van der Waals surface area (Å²) in [5.74, 6) is -0.882. The van der Waals surface area contributed by atoms with Gasteiger partial charge in [-0.05, 0) is 30.2 Å². The summed E-state index contributed by atoms with van der Waals surface area (Å²) < 4.78 is 19.6. The van der Waals surface area contributed by atoms with E-state index in [2.05, 4.69) is 10.2 Å². The molecule has 0 radical (unpaired) electrons. The number of ether oxygens (including phenoxy) is 1. The second kappa shape index (κ2) is 7.52. The van der Waals surface area contributed by atoms with Crippen LogP contribution in [0.3, 0.4) is 0 Å². The maximum Gasteiger partial charge on any atom is 0.272 e. The smallest absolute Gasteiger partial charge is 0.272 e. The molecule has 1 aromatic heterocycles. The van der Waals surface area contributed by atoms with Crippen molar-refractivity contribution in [2.24, 2.45) is 0 Å². The van der Waals surface area contributed by atoms with Gasteiger partial charge in [-0.15, -0.1) is 0 Å². The summed E-state index contributed by atoms with van der Waals surface area (Å²) in [6.45, 7) is 1.01. The van der Waals surface area contributed by atoms with Gasteiger partial charge in [-0.3, -0.25) is 9.59 Å².